The average Bonchev–Trinajstić information content (AvgIpc) is 3.20. The second-order valence-corrected chi connectivity index (χ2v) is 8.25. The molecule has 0 aliphatic heterocycles. The average molecular weight is 275 g/mol. The van der Waals surface area contributed by atoms with E-state index >= 15 is 0 Å². The van der Waals surface area contributed by atoms with Gasteiger partial charge in [0.15, 0.2) is 5.96 Å². The molecule has 0 radical (unpaired) electrons. The molecule has 3 heteroatoms. The Morgan fingerprint density at radius 1 is 1.10 bits per heavy atom. The highest BCUT2D eigenvalue weighted by atomic mass is 15.3. The molecular formula is C17H29N3. The summed E-state index contributed by atoms with van der Waals surface area (Å²) < 4.78 is 0. The van der Waals surface area contributed by atoms with Crippen LogP contribution in [0.25, 0.3) is 0 Å². The number of hydrogen-bond acceptors (Lipinski definition) is 1. The van der Waals surface area contributed by atoms with Crippen molar-refractivity contribution in [2.75, 3.05) is 13.6 Å². The highest BCUT2D eigenvalue weighted by Crippen LogP contribution is 2.61. The molecule has 5 fully saturated rings. The highest BCUT2D eigenvalue weighted by molar-refractivity contribution is 5.78. The lowest BCUT2D eigenvalue weighted by atomic mass is 9.49. The number of rotatable bonds is 4. The maximum absolute atomic E-state index is 6.11. The number of aliphatic imine (C=N–C) groups is 1. The third kappa shape index (κ3) is 2.33. The van der Waals surface area contributed by atoms with Gasteiger partial charge in [0, 0.05) is 19.6 Å². The molecule has 0 aromatic rings. The van der Waals surface area contributed by atoms with Crippen molar-refractivity contribution in [3.05, 3.63) is 0 Å². The molecule has 5 rings (SSSR count). The van der Waals surface area contributed by atoms with Crippen molar-refractivity contribution in [1.29, 1.82) is 0 Å². The van der Waals surface area contributed by atoms with Crippen LogP contribution in [0.3, 0.4) is 0 Å². The monoisotopic (exact) mass is 275 g/mol. The van der Waals surface area contributed by atoms with E-state index in [1.54, 1.807) is 0 Å². The molecule has 0 heterocycles. The van der Waals surface area contributed by atoms with Crippen molar-refractivity contribution in [3.63, 3.8) is 0 Å². The van der Waals surface area contributed by atoms with E-state index in [-0.39, 0.29) is 0 Å². The zero-order valence-corrected chi connectivity index (χ0v) is 12.9. The molecule has 112 valence electrons. The Morgan fingerprint density at radius 2 is 1.65 bits per heavy atom. The van der Waals surface area contributed by atoms with Gasteiger partial charge in [-0.1, -0.05) is 0 Å². The van der Waals surface area contributed by atoms with Crippen LogP contribution in [0.15, 0.2) is 4.99 Å². The Labute approximate surface area is 123 Å². The molecule has 4 bridgehead atoms. The highest BCUT2D eigenvalue weighted by Gasteiger charge is 2.50. The Kier molecular flexibility index (Phi) is 3.01. The van der Waals surface area contributed by atoms with Gasteiger partial charge in [0.1, 0.15) is 0 Å². The fraction of sp³-hybridized carbons (Fsp3) is 0.941. The van der Waals surface area contributed by atoms with Gasteiger partial charge in [0.25, 0.3) is 0 Å². The van der Waals surface area contributed by atoms with Crippen molar-refractivity contribution >= 4 is 5.96 Å². The van der Waals surface area contributed by atoms with Gasteiger partial charge in [-0.15, -0.1) is 0 Å². The van der Waals surface area contributed by atoms with Crippen molar-refractivity contribution in [2.24, 2.45) is 33.9 Å². The van der Waals surface area contributed by atoms with E-state index in [2.05, 4.69) is 16.9 Å². The first-order valence-corrected chi connectivity index (χ1v) is 8.66. The third-order valence-corrected chi connectivity index (χ3v) is 6.54. The molecule has 0 spiro atoms. The second kappa shape index (κ2) is 4.64. The lowest BCUT2D eigenvalue weighted by molar-refractivity contribution is -0.0556. The topological polar surface area (TPSA) is 41.6 Å². The van der Waals surface area contributed by atoms with Crippen LogP contribution in [0.4, 0.5) is 0 Å². The fourth-order valence-electron chi connectivity index (χ4n) is 5.76. The smallest absolute Gasteiger partial charge is 0.191 e. The van der Waals surface area contributed by atoms with Gasteiger partial charge in [-0.05, 0) is 81.0 Å². The second-order valence-electron chi connectivity index (χ2n) is 8.25. The van der Waals surface area contributed by atoms with E-state index in [0.29, 0.717) is 11.5 Å². The van der Waals surface area contributed by atoms with Crippen molar-refractivity contribution in [1.82, 2.24) is 4.90 Å². The SMILES string of the molecule is CN(C(N)=NCCC12CC3CC(CC(C3)C1)C2)C1CC1. The molecule has 5 saturated carbocycles. The van der Waals surface area contributed by atoms with Crippen LogP contribution in [-0.2, 0) is 0 Å². The summed E-state index contributed by atoms with van der Waals surface area (Å²) in [7, 11) is 2.10. The van der Waals surface area contributed by atoms with Crippen LogP contribution in [-0.4, -0.2) is 30.5 Å². The van der Waals surface area contributed by atoms with Crippen LogP contribution in [0.1, 0.15) is 57.8 Å². The molecule has 0 amide bonds. The first-order chi connectivity index (χ1) is 9.63. The molecule has 0 aromatic carbocycles. The number of nitrogens with zero attached hydrogens (tertiary/aromatic N) is 2. The molecule has 0 atom stereocenters. The van der Waals surface area contributed by atoms with Gasteiger partial charge in [-0.2, -0.15) is 0 Å². The van der Waals surface area contributed by atoms with Crippen LogP contribution in [0, 0.1) is 23.2 Å². The van der Waals surface area contributed by atoms with Crippen LogP contribution >= 0.6 is 0 Å². The van der Waals surface area contributed by atoms with E-state index in [9.17, 15) is 0 Å². The summed E-state index contributed by atoms with van der Waals surface area (Å²) in [5.41, 5.74) is 6.76. The molecule has 2 N–H and O–H groups in total. The van der Waals surface area contributed by atoms with Crippen LogP contribution < -0.4 is 5.73 Å². The van der Waals surface area contributed by atoms with Crippen molar-refractivity contribution in [3.8, 4) is 0 Å². The zero-order valence-electron chi connectivity index (χ0n) is 12.9. The van der Waals surface area contributed by atoms with Crippen LogP contribution in [0.2, 0.25) is 0 Å². The third-order valence-electron chi connectivity index (χ3n) is 6.54. The minimum absolute atomic E-state index is 0.649. The molecule has 0 saturated heterocycles. The van der Waals surface area contributed by atoms with E-state index in [1.807, 2.05) is 0 Å². The zero-order chi connectivity index (χ0) is 13.7. The molecule has 0 unspecified atom stereocenters. The standard InChI is InChI=1S/C17H29N3/c1-20(15-2-3-15)16(18)19-5-4-17-9-12-6-13(10-17)8-14(7-12)11-17/h12-15H,2-11H2,1H3,(H2,18,19). The summed E-state index contributed by atoms with van der Waals surface area (Å²) >= 11 is 0. The Balaban J connectivity index is 1.36. The Bertz CT molecular complexity index is 375. The summed E-state index contributed by atoms with van der Waals surface area (Å²) in [4.78, 5) is 6.86. The summed E-state index contributed by atoms with van der Waals surface area (Å²) in [6.07, 6.45) is 13.0. The van der Waals surface area contributed by atoms with Gasteiger partial charge in [0.2, 0.25) is 0 Å². The van der Waals surface area contributed by atoms with Crippen molar-refractivity contribution in [2.45, 2.75) is 63.8 Å². The predicted molar refractivity (Wildman–Crippen MR) is 82.5 cm³/mol. The summed E-state index contributed by atoms with van der Waals surface area (Å²) in [5, 5.41) is 0. The Morgan fingerprint density at radius 3 is 2.15 bits per heavy atom. The quantitative estimate of drug-likeness (QED) is 0.633. The number of nitrogens with two attached hydrogens (primary N) is 1. The fourth-order valence-corrected chi connectivity index (χ4v) is 5.76. The molecule has 20 heavy (non-hydrogen) atoms. The lowest BCUT2D eigenvalue weighted by Crippen LogP contribution is -2.46. The minimum Gasteiger partial charge on any atom is -0.370 e. The van der Waals surface area contributed by atoms with Crippen molar-refractivity contribution < 1.29 is 0 Å². The van der Waals surface area contributed by atoms with Gasteiger partial charge < -0.3 is 10.6 Å². The van der Waals surface area contributed by atoms with Gasteiger partial charge in [-0.25, -0.2) is 0 Å². The molecule has 3 nitrogen and oxygen atoms in total. The number of guanidine groups is 1. The maximum Gasteiger partial charge on any atom is 0.191 e. The summed E-state index contributed by atoms with van der Waals surface area (Å²) in [6.45, 7) is 0.953. The van der Waals surface area contributed by atoms with E-state index in [0.717, 1.165) is 30.3 Å². The van der Waals surface area contributed by atoms with E-state index in [4.69, 9.17) is 5.73 Å². The summed E-state index contributed by atoms with van der Waals surface area (Å²) in [6, 6.07) is 0.679. The van der Waals surface area contributed by atoms with Gasteiger partial charge in [-0.3, -0.25) is 4.99 Å². The first-order valence-electron chi connectivity index (χ1n) is 8.66. The molecule has 5 aliphatic carbocycles. The number of hydrogen-bond donors (Lipinski definition) is 1. The molecular weight excluding hydrogens is 246 g/mol. The van der Waals surface area contributed by atoms with Gasteiger partial charge in [0.05, 0.1) is 0 Å². The predicted octanol–water partition coefficient (Wildman–Crippen LogP) is 3.00. The first kappa shape index (κ1) is 13.0. The maximum atomic E-state index is 6.11. The normalized spacial score (nSPS) is 43.0. The summed E-state index contributed by atoms with van der Waals surface area (Å²) in [5.74, 6) is 3.93. The van der Waals surface area contributed by atoms with Crippen LogP contribution in [0.5, 0.6) is 0 Å². The van der Waals surface area contributed by atoms with E-state index < -0.39 is 0 Å². The Hall–Kier alpha value is -0.730. The van der Waals surface area contributed by atoms with Gasteiger partial charge >= 0.3 is 0 Å². The molecule has 5 aliphatic rings. The largest absolute Gasteiger partial charge is 0.370 e. The minimum atomic E-state index is 0.649. The molecule has 0 aromatic heterocycles. The lowest BCUT2D eigenvalue weighted by Gasteiger charge is -2.57. The van der Waals surface area contributed by atoms with E-state index in [1.165, 1.54) is 57.8 Å².